The summed E-state index contributed by atoms with van der Waals surface area (Å²) in [6.07, 6.45) is -2.98. The van der Waals surface area contributed by atoms with Crippen LogP contribution in [0, 0.1) is 0 Å². The number of para-hydroxylation sites is 1. The molecule has 0 bridgehead atoms. The van der Waals surface area contributed by atoms with Crippen molar-refractivity contribution in [3.63, 3.8) is 0 Å². The number of carbonyl (C=O) groups is 5. The maximum absolute atomic E-state index is 12.3. The van der Waals surface area contributed by atoms with Crippen molar-refractivity contribution in [1.82, 2.24) is 10.2 Å². The summed E-state index contributed by atoms with van der Waals surface area (Å²) in [6, 6.07) is 6.82. The molecule has 2 amide bonds. The fourth-order valence-electron chi connectivity index (χ4n) is 2.45. The Morgan fingerprint density at radius 3 is 2.32 bits per heavy atom. The second kappa shape index (κ2) is 12.2. The smallest absolute Gasteiger partial charge is 0.484 e. The number of hydrogen-bond acceptors (Lipinski definition) is 9. The molecule has 1 fully saturated rings. The zero-order valence-electron chi connectivity index (χ0n) is 16.8. The number of nitrogens with zero attached hydrogens (tertiary/aromatic N) is 1. The highest BCUT2D eigenvalue weighted by Crippen LogP contribution is 2.27. The summed E-state index contributed by atoms with van der Waals surface area (Å²) < 4.78 is 17.2. The third-order valence-corrected chi connectivity index (χ3v) is 4.60. The summed E-state index contributed by atoms with van der Waals surface area (Å²) in [5, 5.41) is 11.3. The van der Waals surface area contributed by atoms with E-state index in [4.69, 9.17) is 61.0 Å². The number of ether oxygens (including phenoxy) is 4. The van der Waals surface area contributed by atoms with Gasteiger partial charge in [0.15, 0.2) is 19.3 Å². The topological polar surface area (TPSA) is 158 Å². The van der Waals surface area contributed by atoms with E-state index in [1.807, 2.05) is 0 Å². The van der Waals surface area contributed by atoms with E-state index in [1.165, 1.54) is 0 Å². The molecule has 3 unspecified atom stereocenters. The van der Waals surface area contributed by atoms with E-state index >= 15 is 0 Å². The SMILES string of the molecule is O=C(COc1ccccc1)NC1C(=O)N(C(Cl)C(=O)O)C1OC(=O)COC(=O)OCC(Cl)(Cl)Cl. The van der Waals surface area contributed by atoms with Crippen molar-refractivity contribution in [2.45, 2.75) is 21.6 Å². The second-order valence-corrected chi connectivity index (χ2v) is 9.32. The fourth-order valence-corrected chi connectivity index (χ4v) is 2.82. The van der Waals surface area contributed by atoms with Crippen LogP contribution >= 0.6 is 46.4 Å². The van der Waals surface area contributed by atoms with Crippen LogP contribution in [0.5, 0.6) is 5.75 Å². The minimum atomic E-state index is -1.91. The van der Waals surface area contributed by atoms with Gasteiger partial charge in [-0.15, -0.1) is 0 Å². The van der Waals surface area contributed by atoms with E-state index in [1.54, 1.807) is 30.3 Å². The number of halogens is 4. The summed E-state index contributed by atoms with van der Waals surface area (Å²) in [6.45, 7) is -2.16. The summed E-state index contributed by atoms with van der Waals surface area (Å²) in [4.78, 5) is 59.6. The van der Waals surface area contributed by atoms with Gasteiger partial charge in [-0.1, -0.05) is 64.6 Å². The summed E-state index contributed by atoms with van der Waals surface area (Å²) in [5.74, 6) is -4.15. The molecular formula is C18H16Cl4N2O10. The lowest BCUT2D eigenvalue weighted by Crippen LogP contribution is -2.74. The van der Waals surface area contributed by atoms with Gasteiger partial charge in [0.2, 0.25) is 15.5 Å². The third-order valence-electron chi connectivity index (χ3n) is 3.87. The number of nitrogens with one attached hydrogen (secondary N) is 1. The Labute approximate surface area is 211 Å². The first kappa shape index (κ1) is 27.6. The quantitative estimate of drug-likeness (QED) is 0.185. The molecule has 0 saturated carbocycles. The van der Waals surface area contributed by atoms with Crippen molar-refractivity contribution < 1.29 is 48.0 Å². The molecule has 1 heterocycles. The summed E-state index contributed by atoms with van der Waals surface area (Å²) >= 11 is 21.9. The van der Waals surface area contributed by atoms with Gasteiger partial charge in [0.1, 0.15) is 12.4 Å². The maximum Gasteiger partial charge on any atom is 0.508 e. The molecule has 0 aromatic heterocycles. The molecule has 3 atom stereocenters. The van der Waals surface area contributed by atoms with Crippen LogP contribution in [0.1, 0.15) is 0 Å². The van der Waals surface area contributed by atoms with Gasteiger partial charge in [0, 0.05) is 0 Å². The van der Waals surface area contributed by atoms with E-state index < -0.39 is 71.3 Å². The molecule has 0 aliphatic carbocycles. The van der Waals surface area contributed by atoms with Crippen LogP contribution in [0.2, 0.25) is 0 Å². The van der Waals surface area contributed by atoms with Gasteiger partial charge in [-0.2, -0.15) is 0 Å². The van der Waals surface area contributed by atoms with Crippen LogP contribution in [0.3, 0.4) is 0 Å². The van der Waals surface area contributed by atoms with Gasteiger partial charge >= 0.3 is 18.1 Å². The standard InChI is InChI=1S/C18H16Cl4N2O10/c19-13(16(28)29)24-14(27)12(23-10(25)6-31-9-4-2-1-3-5-9)15(24)34-11(26)7-32-17(30)33-8-18(20,21)22/h1-5,12-13,15H,6-8H2,(H,23,25)(H,28,29). The van der Waals surface area contributed by atoms with E-state index in [0.29, 0.717) is 10.6 Å². The highest BCUT2D eigenvalue weighted by molar-refractivity contribution is 6.67. The number of β-lactam (4-membered cyclic amide) rings is 1. The van der Waals surface area contributed by atoms with Crippen LogP contribution in [-0.2, 0) is 33.4 Å². The number of amides is 2. The van der Waals surface area contributed by atoms with E-state index in [9.17, 15) is 24.0 Å². The number of benzene rings is 1. The second-order valence-electron chi connectivity index (χ2n) is 6.39. The first-order valence-electron chi connectivity index (χ1n) is 9.11. The lowest BCUT2D eigenvalue weighted by Gasteiger charge is -2.46. The first-order chi connectivity index (χ1) is 15.9. The zero-order valence-corrected chi connectivity index (χ0v) is 19.8. The maximum atomic E-state index is 12.3. The predicted octanol–water partition coefficient (Wildman–Crippen LogP) is 1.43. The lowest BCUT2D eigenvalue weighted by atomic mass is 10.0. The molecule has 2 N–H and O–H groups in total. The Hall–Kier alpha value is -2.67. The summed E-state index contributed by atoms with van der Waals surface area (Å²) in [5.41, 5.74) is -1.91. The number of rotatable bonds is 10. The molecule has 16 heteroatoms. The van der Waals surface area contributed by atoms with Crippen LogP contribution in [-0.4, -0.2) is 81.3 Å². The van der Waals surface area contributed by atoms with Crippen LogP contribution < -0.4 is 10.1 Å². The van der Waals surface area contributed by atoms with Crippen molar-refractivity contribution in [2.24, 2.45) is 0 Å². The molecule has 0 radical (unpaired) electrons. The molecule has 1 aromatic carbocycles. The Kier molecular flexibility index (Phi) is 9.86. The largest absolute Gasteiger partial charge is 0.508 e. The molecular weight excluding hydrogens is 546 g/mol. The normalized spacial score (nSPS) is 18.2. The van der Waals surface area contributed by atoms with E-state index in [2.05, 4.69) is 14.8 Å². The first-order valence-corrected chi connectivity index (χ1v) is 10.7. The van der Waals surface area contributed by atoms with Crippen molar-refractivity contribution in [3.05, 3.63) is 30.3 Å². The zero-order chi connectivity index (χ0) is 25.5. The molecule has 1 aliphatic rings. The number of carboxylic acids is 1. The van der Waals surface area contributed by atoms with Crippen molar-refractivity contribution in [3.8, 4) is 5.75 Å². The van der Waals surface area contributed by atoms with Gasteiger partial charge in [-0.05, 0) is 12.1 Å². The average molecular weight is 562 g/mol. The third kappa shape index (κ3) is 8.28. The Bertz CT molecular complexity index is 927. The van der Waals surface area contributed by atoms with Crippen LogP contribution in [0.25, 0.3) is 0 Å². The molecule has 12 nitrogen and oxygen atoms in total. The molecule has 1 saturated heterocycles. The van der Waals surface area contributed by atoms with Gasteiger partial charge in [-0.25, -0.2) is 14.4 Å². The molecule has 34 heavy (non-hydrogen) atoms. The van der Waals surface area contributed by atoms with Crippen molar-refractivity contribution in [1.29, 1.82) is 0 Å². The fraction of sp³-hybridized carbons (Fsp3) is 0.389. The Morgan fingerprint density at radius 1 is 1.09 bits per heavy atom. The van der Waals surface area contributed by atoms with E-state index in [0.717, 1.165) is 0 Å². The number of carboxylic acid groups (broad SMARTS) is 1. The minimum absolute atomic E-state index is 0.382. The molecule has 2 rings (SSSR count). The average Bonchev–Trinajstić information content (AvgIpc) is 2.78. The van der Waals surface area contributed by atoms with Crippen molar-refractivity contribution >= 4 is 76.3 Å². The van der Waals surface area contributed by atoms with E-state index in [-0.39, 0.29) is 0 Å². The van der Waals surface area contributed by atoms with Gasteiger partial charge in [-0.3, -0.25) is 14.5 Å². The Balaban J connectivity index is 1.94. The van der Waals surface area contributed by atoms with Crippen molar-refractivity contribution in [2.75, 3.05) is 19.8 Å². The highest BCUT2D eigenvalue weighted by Gasteiger charge is 2.55. The number of hydrogen-bond donors (Lipinski definition) is 2. The minimum Gasteiger partial charge on any atom is -0.484 e. The molecule has 186 valence electrons. The number of alkyl halides is 4. The molecule has 1 aliphatic heterocycles. The highest BCUT2D eigenvalue weighted by atomic mass is 35.6. The lowest BCUT2D eigenvalue weighted by molar-refractivity contribution is -0.198. The number of esters is 1. The number of carbonyl (C=O) groups excluding carboxylic acids is 4. The predicted molar refractivity (Wildman–Crippen MR) is 115 cm³/mol. The monoisotopic (exact) mass is 560 g/mol. The van der Waals surface area contributed by atoms with Gasteiger partial charge in [0.25, 0.3) is 11.8 Å². The number of aliphatic carboxylic acids is 1. The summed E-state index contributed by atoms with van der Waals surface area (Å²) in [7, 11) is 0. The molecule has 1 aromatic rings. The van der Waals surface area contributed by atoms with Gasteiger partial charge in [0.05, 0.1) is 0 Å². The number of likely N-dealkylation sites (tertiary alicyclic amines) is 1. The Morgan fingerprint density at radius 2 is 1.74 bits per heavy atom. The van der Waals surface area contributed by atoms with Gasteiger partial charge < -0.3 is 29.4 Å². The van der Waals surface area contributed by atoms with Crippen LogP contribution in [0.15, 0.2) is 30.3 Å². The molecule has 0 spiro atoms. The van der Waals surface area contributed by atoms with Crippen LogP contribution in [0.4, 0.5) is 4.79 Å².